The second-order valence-corrected chi connectivity index (χ2v) is 13.8. The van der Waals surface area contributed by atoms with Gasteiger partial charge in [0.2, 0.25) is 0 Å². The fourth-order valence-corrected chi connectivity index (χ4v) is 11.2. The third-order valence-electron chi connectivity index (χ3n) is 5.45. The van der Waals surface area contributed by atoms with Crippen LogP contribution >= 0.6 is 6.83 Å². The molecule has 0 aliphatic rings. The molecule has 0 aliphatic heterocycles. The summed E-state index contributed by atoms with van der Waals surface area (Å²) < 4.78 is 33.6. The summed E-state index contributed by atoms with van der Waals surface area (Å²) in [6, 6.07) is 37.4. The molecule has 0 N–H and O–H groups in total. The SMILES string of the molecule is CP(OS(=O)(=O)c1ccccc1)(c1ccccc1)(c1ccccc1)c1ccccc1. The van der Waals surface area contributed by atoms with Crippen molar-refractivity contribution >= 4 is 32.9 Å². The van der Waals surface area contributed by atoms with Gasteiger partial charge in [-0.2, -0.15) is 0 Å². The van der Waals surface area contributed by atoms with Crippen molar-refractivity contribution in [3.05, 3.63) is 121 Å². The van der Waals surface area contributed by atoms with E-state index in [1.54, 1.807) is 30.3 Å². The summed E-state index contributed by atoms with van der Waals surface area (Å²) in [6.07, 6.45) is 0. The summed E-state index contributed by atoms with van der Waals surface area (Å²) in [5.41, 5.74) is 0. The van der Waals surface area contributed by atoms with E-state index in [4.69, 9.17) is 3.97 Å². The van der Waals surface area contributed by atoms with Crippen molar-refractivity contribution in [2.24, 2.45) is 0 Å². The molecule has 0 saturated carbocycles. The van der Waals surface area contributed by atoms with Gasteiger partial charge in [-0.1, -0.05) is 0 Å². The molecule has 0 spiro atoms. The number of benzene rings is 4. The Bertz CT molecular complexity index is 1130. The van der Waals surface area contributed by atoms with Crippen LogP contribution in [0.1, 0.15) is 0 Å². The molecular formula is C25H23O3PS. The van der Waals surface area contributed by atoms with Crippen LogP contribution in [0.5, 0.6) is 0 Å². The molecule has 5 heteroatoms. The van der Waals surface area contributed by atoms with Gasteiger partial charge in [0.15, 0.2) is 0 Å². The first-order valence-corrected chi connectivity index (χ1v) is 13.7. The molecule has 152 valence electrons. The Balaban J connectivity index is 2.09. The predicted molar refractivity (Wildman–Crippen MR) is 126 cm³/mol. The molecule has 4 aromatic rings. The average molecular weight is 434 g/mol. The second kappa shape index (κ2) is 7.81. The number of hydrogen-bond acceptors (Lipinski definition) is 3. The number of hydrogen-bond donors (Lipinski definition) is 0. The van der Waals surface area contributed by atoms with Crippen LogP contribution in [0, 0.1) is 0 Å². The van der Waals surface area contributed by atoms with E-state index in [2.05, 4.69) is 0 Å². The zero-order valence-electron chi connectivity index (χ0n) is 16.6. The van der Waals surface area contributed by atoms with Gasteiger partial charge >= 0.3 is 178 Å². The van der Waals surface area contributed by atoms with Crippen molar-refractivity contribution in [1.29, 1.82) is 0 Å². The Morgan fingerprint density at radius 3 is 1.17 bits per heavy atom. The van der Waals surface area contributed by atoms with Gasteiger partial charge in [-0.25, -0.2) is 0 Å². The summed E-state index contributed by atoms with van der Waals surface area (Å²) >= 11 is 0. The van der Waals surface area contributed by atoms with Crippen LogP contribution in [-0.4, -0.2) is 15.1 Å². The van der Waals surface area contributed by atoms with Crippen LogP contribution in [0.15, 0.2) is 126 Å². The monoisotopic (exact) mass is 434 g/mol. The third-order valence-corrected chi connectivity index (χ3v) is 13.2. The van der Waals surface area contributed by atoms with Crippen molar-refractivity contribution in [2.75, 3.05) is 6.66 Å². The summed E-state index contributed by atoms with van der Waals surface area (Å²) in [5.74, 6) is 0. The first-order valence-electron chi connectivity index (χ1n) is 9.65. The van der Waals surface area contributed by atoms with E-state index in [0.29, 0.717) is 0 Å². The van der Waals surface area contributed by atoms with Crippen molar-refractivity contribution in [3.63, 3.8) is 0 Å². The minimum atomic E-state index is -4.06. The molecule has 0 fully saturated rings. The first-order chi connectivity index (χ1) is 14.4. The van der Waals surface area contributed by atoms with Crippen LogP contribution in [-0.2, 0) is 14.1 Å². The quantitative estimate of drug-likeness (QED) is 0.421. The van der Waals surface area contributed by atoms with E-state index in [1.807, 2.05) is 97.7 Å². The van der Waals surface area contributed by atoms with Gasteiger partial charge < -0.3 is 0 Å². The topological polar surface area (TPSA) is 43.4 Å². The van der Waals surface area contributed by atoms with Crippen LogP contribution in [0.25, 0.3) is 0 Å². The Kier molecular flexibility index (Phi) is 5.33. The normalized spacial score (nSPS) is 13.3. The molecule has 4 aromatic carbocycles. The Morgan fingerprint density at radius 1 is 0.533 bits per heavy atom. The van der Waals surface area contributed by atoms with Crippen LogP contribution < -0.4 is 15.9 Å². The van der Waals surface area contributed by atoms with Gasteiger partial charge in [0, 0.05) is 0 Å². The minimum absolute atomic E-state index is 0.142. The van der Waals surface area contributed by atoms with E-state index in [-0.39, 0.29) is 4.90 Å². The predicted octanol–water partition coefficient (Wildman–Crippen LogP) is 4.47. The zero-order chi connectivity index (χ0) is 21.1. The Morgan fingerprint density at radius 2 is 0.833 bits per heavy atom. The van der Waals surface area contributed by atoms with E-state index >= 15 is 0 Å². The molecule has 3 nitrogen and oxygen atoms in total. The molecule has 4 rings (SSSR count). The van der Waals surface area contributed by atoms with E-state index in [1.165, 1.54) is 0 Å². The summed E-state index contributed by atoms with van der Waals surface area (Å²) in [7, 11) is -4.06. The van der Waals surface area contributed by atoms with E-state index in [9.17, 15) is 8.42 Å². The van der Waals surface area contributed by atoms with Crippen LogP contribution in [0.2, 0.25) is 0 Å². The molecule has 0 unspecified atom stereocenters. The Labute approximate surface area is 178 Å². The molecule has 0 aromatic heterocycles. The van der Waals surface area contributed by atoms with Crippen molar-refractivity contribution in [3.8, 4) is 0 Å². The maximum atomic E-state index is 13.6. The summed E-state index contributed by atoms with van der Waals surface area (Å²) in [6.45, 7) is -1.89. The van der Waals surface area contributed by atoms with Crippen molar-refractivity contribution in [2.45, 2.75) is 4.90 Å². The molecule has 0 radical (unpaired) electrons. The van der Waals surface area contributed by atoms with Gasteiger partial charge in [0.25, 0.3) is 0 Å². The van der Waals surface area contributed by atoms with Gasteiger partial charge in [0.05, 0.1) is 0 Å². The zero-order valence-corrected chi connectivity index (χ0v) is 18.3. The third kappa shape index (κ3) is 3.37. The summed E-state index contributed by atoms with van der Waals surface area (Å²) in [5, 5.41) is 2.54. The average Bonchev–Trinajstić information content (AvgIpc) is 2.81. The molecule has 0 heterocycles. The van der Waals surface area contributed by atoms with Crippen LogP contribution in [0.4, 0.5) is 0 Å². The van der Waals surface area contributed by atoms with Crippen molar-refractivity contribution in [1.82, 2.24) is 0 Å². The van der Waals surface area contributed by atoms with Crippen LogP contribution in [0.3, 0.4) is 0 Å². The van der Waals surface area contributed by atoms with Gasteiger partial charge in [-0.05, 0) is 0 Å². The molecule has 0 amide bonds. The fraction of sp³-hybridized carbons (Fsp3) is 0.0400. The standard InChI is InChI=1S/C25H23O3PS/c1-29(22-14-6-2-7-15-22,23-16-8-3-9-17-23,24-18-10-4-11-19-24)28-30(26,27)25-20-12-5-13-21-25/h2-21H,1H3. The fourth-order valence-electron chi connectivity index (χ4n) is 3.81. The first kappa shape index (κ1) is 20.5. The Hall–Kier alpha value is -2.78. The second-order valence-electron chi connectivity index (χ2n) is 7.31. The molecule has 0 aliphatic carbocycles. The van der Waals surface area contributed by atoms with E-state index < -0.39 is 16.9 Å². The molecule has 30 heavy (non-hydrogen) atoms. The maximum absolute atomic E-state index is 13.6. The molecular weight excluding hydrogens is 411 g/mol. The molecule has 0 atom stereocenters. The molecule has 0 saturated heterocycles. The van der Waals surface area contributed by atoms with Crippen molar-refractivity contribution < 1.29 is 12.4 Å². The molecule has 0 bridgehead atoms. The van der Waals surface area contributed by atoms with E-state index in [0.717, 1.165) is 15.9 Å². The summed E-state index contributed by atoms with van der Waals surface area (Å²) in [4.78, 5) is 0.142. The van der Waals surface area contributed by atoms with Gasteiger partial charge in [0.1, 0.15) is 0 Å². The number of rotatable bonds is 6. The van der Waals surface area contributed by atoms with Gasteiger partial charge in [-0.15, -0.1) is 0 Å². The van der Waals surface area contributed by atoms with Gasteiger partial charge in [-0.3, -0.25) is 0 Å².